The highest BCUT2D eigenvalue weighted by Gasteiger charge is 2.35. The van der Waals surface area contributed by atoms with Crippen molar-refractivity contribution in [2.45, 2.75) is 103 Å². The first kappa shape index (κ1) is 29.8. The van der Waals surface area contributed by atoms with Crippen molar-refractivity contribution in [1.82, 2.24) is 11.1 Å². The van der Waals surface area contributed by atoms with E-state index in [0.29, 0.717) is 6.42 Å². The van der Waals surface area contributed by atoms with E-state index in [0.717, 1.165) is 25.7 Å². The van der Waals surface area contributed by atoms with E-state index in [1.54, 1.807) is 4.90 Å². The van der Waals surface area contributed by atoms with Crippen molar-refractivity contribution in [3.63, 3.8) is 0 Å². The van der Waals surface area contributed by atoms with Gasteiger partial charge in [0.2, 0.25) is 5.91 Å². The van der Waals surface area contributed by atoms with E-state index in [1.165, 1.54) is 68.9 Å². The van der Waals surface area contributed by atoms with Crippen LogP contribution in [0.5, 0.6) is 0 Å². The molecule has 190 valence electrons. The van der Waals surface area contributed by atoms with Gasteiger partial charge >= 0.3 is 7.82 Å². The SMILES string of the molecule is CCCCCCCCc1cccc(CCCCCCCC(=O)N2CC(OP(=O)(O)O)C2)c1.N. The number of amides is 1. The standard InChI is InChI=1S/C25H42NO5P.H3N/c1-2-3-4-5-7-10-14-22-16-13-17-23(19-22)15-11-8-6-9-12-18-25(27)26-20-24(21-26)31-32(28,29)30;/h13,16-17,19,24H,2-12,14-15,18,20-21H2,1H3,(H2,28,29,30);1H3. The quantitative estimate of drug-likeness (QED) is 0.185. The van der Waals surface area contributed by atoms with Crippen molar-refractivity contribution in [2.24, 2.45) is 0 Å². The molecule has 1 aliphatic rings. The Hall–Kier alpha value is -1.24. The topological polar surface area (TPSA) is 122 Å². The Balaban J connectivity index is 0.00000544. The third-order valence-electron chi connectivity index (χ3n) is 6.15. The average molecular weight is 485 g/mol. The van der Waals surface area contributed by atoms with E-state index < -0.39 is 13.9 Å². The van der Waals surface area contributed by atoms with Gasteiger partial charge < -0.3 is 20.8 Å². The van der Waals surface area contributed by atoms with Crippen molar-refractivity contribution in [3.8, 4) is 0 Å². The fourth-order valence-corrected chi connectivity index (χ4v) is 4.77. The molecular formula is C25H45N2O5P. The minimum absolute atomic E-state index is 0. The molecule has 0 bridgehead atoms. The van der Waals surface area contributed by atoms with E-state index in [4.69, 9.17) is 9.79 Å². The van der Waals surface area contributed by atoms with Gasteiger partial charge in [-0.1, -0.05) is 82.6 Å². The molecule has 2 rings (SSSR count). The summed E-state index contributed by atoms with van der Waals surface area (Å²) < 4.78 is 15.3. The van der Waals surface area contributed by atoms with Crippen molar-refractivity contribution < 1.29 is 23.7 Å². The highest BCUT2D eigenvalue weighted by Crippen LogP contribution is 2.39. The van der Waals surface area contributed by atoms with Crippen LogP contribution in [0.1, 0.15) is 95.1 Å². The maximum Gasteiger partial charge on any atom is 0.469 e. The lowest BCUT2D eigenvalue weighted by Crippen LogP contribution is -2.54. The first-order valence-corrected chi connectivity index (χ1v) is 14.0. The van der Waals surface area contributed by atoms with Gasteiger partial charge in [0.1, 0.15) is 6.10 Å². The summed E-state index contributed by atoms with van der Waals surface area (Å²) in [6.45, 7) is 2.82. The molecule has 0 spiro atoms. The number of likely N-dealkylation sites (tertiary alicyclic amines) is 1. The van der Waals surface area contributed by atoms with Crippen LogP contribution in [0, 0.1) is 0 Å². The summed E-state index contributed by atoms with van der Waals surface area (Å²) in [7, 11) is -4.45. The van der Waals surface area contributed by atoms with Crippen LogP contribution in [0.3, 0.4) is 0 Å². The van der Waals surface area contributed by atoms with Crippen LogP contribution in [0.15, 0.2) is 24.3 Å². The Kier molecular flexibility index (Phi) is 14.8. The number of hydrogen-bond donors (Lipinski definition) is 3. The van der Waals surface area contributed by atoms with Crippen molar-refractivity contribution in [1.29, 1.82) is 0 Å². The number of carbonyl (C=O) groups is 1. The molecule has 1 aliphatic heterocycles. The zero-order chi connectivity index (χ0) is 23.2. The molecule has 33 heavy (non-hydrogen) atoms. The Labute approximate surface area is 200 Å². The second kappa shape index (κ2) is 16.4. The zero-order valence-electron chi connectivity index (χ0n) is 20.4. The largest absolute Gasteiger partial charge is 0.469 e. The van der Waals surface area contributed by atoms with Crippen LogP contribution < -0.4 is 6.15 Å². The molecule has 7 nitrogen and oxygen atoms in total. The molecule has 1 aromatic rings. The van der Waals surface area contributed by atoms with Crippen LogP contribution in [0.25, 0.3) is 0 Å². The molecule has 0 unspecified atom stereocenters. The van der Waals surface area contributed by atoms with Crippen LogP contribution in [-0.2, 0) is 26.7 Å². The summed E-state index contributed by atoms with van der Waals surface area (Å²) in [6.07, 6.45) is 15.7. The zero-order valence-corrected chi connectivity index (χ0v) is 21.3. The van der Waals surface area contributed by atoms with Gasteiger partial charge in [0, 0.05) is 19.5 Å². The summed E-state index contributed by atoms with van der Waals surface area (Å²) in [5.41, 5.74) is 2.91. The van der Waals surface area contributed by atoms with Crippen LogP contribution in [-0.4, -0.2) is 39.8 Å². The molecule has 1 aromatic carbocycles. The maximum atomic E-state index is 12.1. The van der Waals surface area contributed by atoms with Gasteiger partial charge in [0.05, 0.1) is 0 Å². The highest BCUT2D eigenvalue weighted by atomic mass is 31.2. The van der Waals surface area contributed by atoms with Crippen LogP contribution in [0.4, 0.5) is 0 Å². The molecule has 0 aliphatic carbocycles. The molecule has 1 fully saturated rings. The van der Waals surface area contributed by atoms with Gasteiger partial charge in [-0.3, -0.25) is 9.32 Å². The summed E-state index contributed by atoms with van der Waals surface area (Å²) in [4.78, 5) is 31.2. The number of rotatable bonds is 17. The number of carbonyl (C=O) groups excluding carboxylic acids is 1. The summed E-state index contributed by atoms with van der Waals surface area (Å²) in [5.74, 6) is 0.0535. The number of hydrogen-bond acceptors (Lipinski definition) is 4. The van der Waals surface area contributed by atoms with E-state index >= 15 is 0 Å². The second-order valence-corrected chi connectivity index (χ2v) is 10.3. The fourth-order valence-electron chi connectivity index (χ4n) is 4.25. The van der Waals surface area contributed by atoms with E-state index in [9.17, 15) is 9.36 Å². The minimum atomic E-state index is -4.45. The van der Waals surface area contributed by atoms with Gasteiger partial charge in [-0.2, -0.15) is 0 Å². The lowest BCUT2D eigenvalue weighted by Gasteiger charge is -2.38. The molecule has 5 N–H and O–H groups in total. The number of nitrogens with zero attached hydrogens (tertiary/aromatic N) is 1. The summed E-state index contributed by atoms with van der Waals surface area (Å²) >= 11 is 0. The maximum absolute atomic E-state index is 12.1. The van der Waals surface area contributed by atoms with Crippen molar-refractivity contribution in [2.75, 3.05) is 13.1 Å². The molecule has 8 heteroatoms. The number of phosphoric acid groups is 1. The Morgan fingerprint density at radius 1 is 0.939 bits per heavy atom. The van der Waals surface area contributed by atoms with Gasteiger partial charge in [0.25, 0.3) is 0 Å². The fraction of sp³-hybridized carbons (Fsp3) is 0.720. The lowest BCUT2D eigenvalue weighted by molar-refractivity contribution is -0.140. The predicted molar refractivity (Wildman–Crippen MR) is 133 cm³/mol. The summed E-state index contributed by atoms with van der Waals surface area (Å²) in [6, 6.07) is 9.06. The van der Waals surface area contributed by atoms with Crippen molar-refractivity contribution in [3.05, 3.63) is 35.4 Å². The number of phosphoric ester groups is 1. The van der Waals surface area contributed by atoms with Crippen LogP contribution >= 0.6 is 7.82 Å². The molecule has 1 heterocycles. The molecule has 1 amide bonds. The molecule has 0 saturated carbocycles. The second-order valence-electron chi connectivity index (χ2n) is 9.12. The number of benzene rings is 1. The molecule has 0 atom stereocenters. The van der Waals surface area contributed by atoms with Crippen molar-refractivity contribution >= 4 is 13.7 Å². The molecule has 0 radical (unpaired) electrons. The smallest absolute Gasteiger partial charge is 0.344 e. The highest BCUT2D eigenvalue weighted by molar-refractivity contribution is 7.46. The van der Waals surface area contributed by atoms with Gasteiger partial charge in [0.15, 0.2) is 0 Å². The molecule has 0 aromatic heterocycles. The number of aryl methyl sites for hydroxylation is 2. The van der Waals surface area contributed by atoms with Gasteiger partial charge in [-0.25, -0.2) is 4.57 Å². The molecule has 1 saturated heterocycles. The van der Waals surface area contributed by atoms with E-state index in [2.05, 4.69) is 35.7 Å². The van der Waals surface area contributed by atoms with Crippen LogP contribution in [0.2, 0.25) is 0 Å². The Bertz CT molecular complexity index is 719. The number of unbranched alkanes of at least 4 members (excludes halogenated alkanes) is 9. The summed E-state index contributed by atoms with van der Waals surface area (Å²) in [5, 5.41) is 0. The third kappa shape index (κ3) is 13.3. The predicted octanol–water partition coefficient (Wildman–Crippen LogP) is 5.95. The first-order chi connectivity index (χ1) is 15.4. The van der Waals surface area contributed by atoms with Gasteiger partial charge in [-0.15, -0.1) is 0 Å². The lowest BCUT2D eigenvalue weighted by atomic mass is 10.00. The minimum Gasteiger partial charge on any atom is -0.344 e. The van der Waals surface area contributed by atoms with E-state index in [1.807, 2.05) is 0 Å². The third-order valence-corrected chi connectivity index (χ3v) is 6.73. The van der Waals surface area contributed by atoms with Gasteiger partial charge in [-0.05, 0) is 43.2 Å². The monoisotopic (exact) mass is 484 g/mol. The first-order valence-electron chi connectivity index (χ1n) is 12.5. The van der Waals surface area contributed by atoms with E-state index in [-0.39, 0.29) is 25.1 Å². The average Bonchev–Trinajstić information content (AvgIpc) is 2.71. The Morgan fingerprint density at radius 3 is 2.00 bits per heavy atom. The normalized spacial score (nSPS) is 14.1. The molecular weight excluding hydrogens is 439 g/mol. The Morgan fingerprint density at radius 2 is 1.45 bits per heavy atom.